The summed E-state index contributed by atoms with van der Waals surface area (Å²) in [5.41, 5.74) is 1.09. The van der Waals surface area contributed by atoms with Crippen LogP contribution in [-0.2, 0) is 19.0 Å². The summed E-state index contributed by atoms with van der Waals surface area (Å²) >= 11 is 0. The van der Waals surface area contributed by atoms with Gasteiger partial charge in [-0.3, -0.25) is 0 Å². The van der Waals surface area contributed by atoms with Gasteiger partial charge in [0.2, 0.25) is 5.89 Å². The van der Waals surface area contributed by atoms with E-state index in [1.807, 2.05) is 19.1 Å². The van der Waals surface area contributed by atoms with Crippen molar-refractivity contribution in [2.75, 3.05) is 34.0 Å². The van der Waals surface area contributed by atoms with Crippen LogP contribution in [0.25, 0.3) is 0 Å². The van der Waals surface area contributed by atoms with Crippen molar-refractivity contribution in [2.45, 2.75) is 46.5 Å². The third-order valence-electron chi connectivity index (χ3n) is 3.83. The molecule has 0 radical (unpaired) electrons. The second kappa shape index (κ2) is 19.6. The average molecular weight is 465 g/mol. The van der Waals surface area contributed by atoms with Crippen molar-refractivity contribution in [3.63, 3.8) is 0 Å². The lowest BCUT2D eigenvalue weighted by Crippen LogP contribution is -2.08. The quantitative estimate of drug-likeness (QED) is 0.206. The predicted octanol–water partition coefficient (Wildman–Crippen LogP) is 4.48. The van der Waals surface area contributed by atoms with E-state index in [1.54, 1.807) is 33.3 Å². The molecular weight excluding hydrogens is 428 g/mol. The van der Waals surface area contributed by atoms with Gasteiger partial charge in [0.1, 0.15) is 12.4 Å². The zero-order valence-corrected chi connectivity index (χ0v) is 20.3. The molecule has 1 heterocycles. The van der Waals surface area contributed by atoms with Crippen LogP contribution in [0.1, 0.15) is 54.7 Å². The Kier molecular flexibility index (Phi) is 17.8. The molecule has 0 fully saturated rings. The summed E-state index contributed by atoms with van der Waals surface area (Å²) in [6, 6.07) is 7.11. The van der Waals surface area contributed by atoms with Crippen molar-refractivity contribution in [1.82, 2.24) is 10.2 Å². The number of carbonyl (C=O) groups is 2. The van der Waals surface area contributed by atoms with E-state index in [4.69, 9.17) is 13.9 Å². The monoisotopic (exact) mass is 464 g/mol. The van der Waals surface area contributed by atoms with Crippen LogP contribution in [0, 0.1) is 13.8 Å². The largest absolute Gasteiger partial charge is 0.460 e. The van der Waals surface area contributed by atoms with E-state index in [9.17, 15) is 9.59 Å². The highest BCUT2D eigenvalue weighted by Gasteiger charge is 2.15. The molecule has 1 aromatic carbocycles. The van der Waals surface area contributed by atoms with Gasteiger partial charge in [0, 0.05) is 33.8 Å². The summed E-state index contributed by atoms with van der Waals surface area (Å²) in [4.78, 5) is 21.8. The number of rotatable bonds is 11. The van der Waals surface area contributed by atoms with Crippen LogP contribution < -0.4 is 4.74 Å². The zero-order valence-electron chi connectivity index (χ0n) is 20.3. The van der Waals surface area contributed by atoms with Crippen molar-refractivity contribution in [3.05, 3.63) is 54.3 Å². The number of hydrogen-bond acceptors (Lipinski definition) is 9. The van der Waals surface area contributed by atoms with E-state index in [0.717, 1.165) is 18.2 Å². The standard InChI is InChI=1S/C11H10N2O3.C7H16O.C6H10O3/c1-7-3-5-9(6-4-7)16-11(14)10-13-12-8(2)15-10;1-3-4-5-6-7-8-2;1-3-6(7)9-5-4-8-2/h3-6H,1-2H3;3-7H2,1-2H3;3H,1,4-5H2,2H3. The maximum atomic E-state index is 11.5. The number of nitrogens with zero attached hydrogens (tertiary/aromatic N) is 2. The molecule has 0 aliphatic rings. The lowest BCUT2D eigenvalue weighted by atomic mass is 10.2. The molecule has 0 N–H and O–H groups in total. The van der Waals surface area contributed by atoms with Gasteiger partial charge in [-0.2, -0.15) is 0 Å². The van der Waals surface area contributed by atoms with Crippen molar-refractivity contribution in [1.29, 1.82) is 0 Å². The maximum absolute atomic E-state index is 11.5. The SMILES string of the molecule is C=CC(=O)OCCOC.CCCCCCOC.Cc1ccc(OC(=O)c2nnc(C)o2)cc1. The zero-order chi connectivity index (χ0) is 24.9. The number of carbonyl (C=O) groups excluding carboxylic acids is 2. The summed E-state index contributed by atoms with van der Waals surface area (Å²) in [6.07, 6.45) is 6.33. The van der Waals surface area contributed by atoms with Crippen molar-refractivity contribution in [3.8, 4) is 5.75 Å². The highest BCUT2D eigenvalue weighted by Crippen LogP contribution is 2.13. The molecule has 0 amide bonds. The first kappa shape index (κ1) is 30.0. The number of ether oxygens (including phenoxy) is 4. The molecule has 0 unspecified atom stereocenters. The molecular formula is C24H36N2O7. The lowest BCUT2D eigenvalue weighted by Gasteiger charge is -2.00. The van der Waals surface area contributed by atoms with Crippen LogP contribution >= 0.6 is 0 Å². The molecule has 0 spiro atoms. The van der Waals surface area contributed by atoms with Gasteiger partial charge in [0.05, 0.1) is 6.61 Å². The summed E-state index contributed by atoms with van der Waals surface area (Å²) in [7, 11) is 3.30. The van der Waals surface area contributed by atoms with Gasteiger partial charge in [-0.05, 0) is 25.5 Å². The third kappa shape index (κ3) is 16.3. The van der Waals surface area contributed by atoms with Gasteiger partial charge >= 0.3 is 17.8 Å². The molecule has 0 aliphatic carbocycles. The number of methoxy groups -OCH3 is 2. The second-order valence-electron chi connectivity index (χ2n) is 6.75. The minimum Gasteiger partial charge on any atom is -0.460 e. The Balaban J connectivity index is 0.000000516. The van der Waals surface area contributed by atoms with Crippen LogP contribution in [0.5, 0.6) is 5.75 Å². The Morgan fingerprint density at radius 2 is 1.64 bits per heavy atom. The Hall–Kier alpha value is -3.04. The Bertz CT molecular complexity index is 782. The van der Waals surface area contributed by atoms with Gasteiger partial charge in [-0.15, -0.1) is 10.2 Å². The molecule has 33 heavy (non-hydrogen) atoms. The minimum absolute atomic E-state index is 0.141. The highest BCUT2D eigenvalue weighted by atomic mass is 16.6. The first-order chi connectivity index (χ1) is 15.9. The number of esters is 2. The van der Waals surface area contributed by atoms with Crippen molar-refractivity contribution >= 4 is 11.9 Å². The fraction of sp³-hybridized carbons (Fsp3) is 0.500. The molecule has 0 saturated heterocycles. The van der Waals surface area contributed by atoms with E-state index in [2.05, 4.69) is 33.2 Å². The molecule has 1 aromatic heterocycles. The Labute approximate surface area is 196 Å². The van der Waals surface area contributed by atoms with E-state index >= 15 is 0 Å². The molecule has 184 valence electrons. The molecule has 2 aromatic rings. The fourth-order valence-corrected chi connectivity index (χ4v) is 2.09. The predicted molar refractivity (Wildman–Crippen MR) is 124 cm³/mol. The van der Waals surface area contributed by atoms with Crippen LogP contribution in [0.4, 0.5) is 0 Å². The lowest BCUT2D eigenvalue weighted by molar-refractivity contribution is -0.138. The Morgan fingerprint density at radius 1 is 0.970 bits per heavy atom. The summed E-state index contributed by atoms with van der Waals surface area (Å²) in [5.74, 6) is -0.420. The fourth-order valence-electron chi connectivity index (χ4n) is 2.09. The van der Waals surface area contributed by atoms with Gasteiger partial charge in [-0.1, -0.05) is 50.5 Å². The molecule has 0 bridgehead atoms. The molecule has 2 rings (SSSR count). The van der Waals surface area contributed by atoms with Crippen molar-refractivity contribution in [2.24, 2.45) is 0 Å². The summed E-state index contributed by atoms with van der Waals surface area (Å²) < 4.78 is 24.0. The van der Waals surface area contributed by atoms with Crippen LogP contribution in [0.15, 0.2) is 41.3 Å². The number of aryl methyl sites for hydroxylation is 2. The third-order valence-corrected chi connectivity index (χ3v) is 3.83. The maximum Gasteiger partial charge on any atom is 0.401 e. The van der Waals surface area contributed by atoms with Gasteiger partial charge in [-0.25, -0.2) is 9.59 Å². The minimum atomic E-state index is -0.649. The van der Waals surface area contributed by atoms with Crippen LogP contribution in [0.2, 0.25) is 0 Å². The number of benzene rings is 1. The Morgan fingerprint density at radius 3 is 2.15 bits per heavy atom. The van der Waals surface area contributed by atoms with Crippen LogP contribution in [-0.4, -0.2) is 56.2 Å². The first-order valence-electron chi connectivity index (χ1n) is 10.7. The number of unbranched alkanes of at least 4 members (excludes halogenated alkanes) is 3. The van der Waals surface area contributed by atoms with E-state index in [-0.39, 0.29) is 5.89 Å². The van der Waals surface area contributed by atoms with Gasteiger partial charge < -0.3 is 23.4 Å². The normalized spacial score (nSPS) is 9.61. The number of aromatic nitrogens is 2. The smallest absolute Gasteiger partial charge is 0.401 e. The topological polar surface area (TPSA) is 110 Å². The first-order valence-corrected chi connectivity index (χ1v) is 10.7. The summed E-state index contributed by atoms with van der Waals surface area (Å²) in [5, 5.41) is 7.11. The number of hydrogen-bond donors (Lipinski definition) is 0. The van der Waals surface area contributed by atoms with Gasteiger partial charge in [0.25, 0.3) is 0 Å². The van der Waals surface area contributed by atoms with Crippen LogP contribution in [0.3, 0.4) is 0 Å². The highest BCUT2D eigenvalue weighted by molar-refractivity contribution is 5.85. The van der Waals surface area contributed by atoms with Gasteiger partial charge in [0.15, 0.2) is 0 Å². The molecule has 0 atom stereocenters. The van der Waals surface area contributed by atoms with E-state index in [0.29, 0.717) is 24.9 Å². The van der Waals surface area contributed by atoms with E-state index in [1.165, 1.54) is 25.7 Å². The second-order valence-corrected chi connectivity index (χ2v) is 6.75. The molecule has 0 aliphatic heterocycles. The van der Waals surface area contributed by atoms with E-state index < -0.39 is 11.9 Å². The summed E-state index contributed by atoms with van der Waals surface area (Å²) in [6.45, 7) is 10.7. The molecule has 9 nitrogen and oxygen atoms in total. The molecule has 9 heteroatoms. The average Bonchev–Trinajstić information content (AvgIpc) is 3.26. The van der Waals surface area contributed by atoms with Crippen molar-refractivity contribution < 1.29 is 33.0 Å². The molecule has 0 saturated carbocycles.